The molecule has 0 fully saturated rings. The van der Waals surface area contributed by atoms with Crippen LogP contribution in [0.25, 0.3) is 0 Å². The molecule has 0 bridgehead atoms. The molecule has 140 valence electrons. The van der Waals surface area contributed by atoms with Crippen molar-refractivity contribution in [2.24, 2.45) is 0 Å². The largest absolute Gasteiger partial charge is 0.495 e. The average Bonchev–Trinajstić information content (AvgIpc) is 2.54. The number of hydrogen-bond acceptors (Lipinski definition) is 4. The molecule has 0 aromatic heterocycles. The van der Waals surface area contributed by atoms with E-state index in [0.717, 1.165) is 27.3 Å². The van der Waals surface area contributed by atoms with E-state index in [1.165, 1.54) is 7.11 Å². The molecule has 0 heterocycles. The molecule has 0 saturated heterocycles. The van der Waals surface area contributed by atoms with E-state index in [0.29, 0.717) is 17.1 Å². The summed E-state index contributed by atoms with van der Waals surface area (Å²) in [4.78, 5) is 12.5. The molecule has 6 nitrogen and oxygen atoms in total. The number of anilines is 2. The zero-order valence-electron chi connectivity index (χ0n) is 15.7. The summed E-state index contributed by atoms with van der Waals surface area (Å²) in [7, 11) is -2.22. The highest BCUT2D eigenvalue weighted by Gasteiger charge is 2.24. The summed E-state index contributed by atoms with van der Waals surface area (Å²) in [6, 6.07) is 10.8. The van der Waals surface area contributed by atoms with Gasteiger partial charge in [0.15, 0.2) is 0 Å². The number of ether oxygens (including phenoxy) is 1. The quantitative estimate of drug-likeness (QED) is 0.841. The third-order valence-corrected chi connectivity index (χ3v) is 5.07. The summed E-state index contributed by atoms with van der Waals surface area (Å²) in [5, 5.41) is 2.78. The molecule has 0 unspecified atom stereocenters. The van der Waals surface area contributed by atoms with Gasteiger partial charge in [-0.25, -0.2) is 8.42 Å². The number of hydrogen-bond donors (Lipinski definition) is 1. The number of sulfonamides is 1. The number of carbonyl (C=O) groups is 1. The molecule has 2 aromatic rings. The van der Waals surface area contributed by atoms with E-state index in [4.69, 9.17) is 4.74 Å². The first-order valence-corrected chi connectivity index (χ1v) is 9.96. The Morgan fingerprint density at radius 3 is 2.27 bits per heavy atom. The van der Waals surface area contributed by atoms with Crippen molar-refractivity contribution < 1.29 is 17.9 Å². The minimum Gasteiger partial charge on any atom is -0.495 e. The number of nitrogens with one attached hydrogen (secondary N) is 1. The summed E-state index contributed by atoms with van der Waals surface area (Å²) in [5.74, 6) is -0.0359. The van der Waals surface area contributed by atoms with Crippen molar-refractivity contribution in [3.63, 3.8) is 0 Å². The average molecular weight is 376 g/mol. The highest BCUT2D eigenvalue weighted by atomic mass is 32.2. The van der Waals surface area contributed by atoms with Crippen LogP contribution < -0.4 is 14.4 Å². The van der Waals surface area contributed by atoms with E-state index in [1.807, 2.05) is 39.0 Å². The normalized spacial score (nSPS) is 11.1. The number of amides is 1. The number of aryl methyl sites for hydroxylation is 3. The van der Waals surface area contributed by atoms with Gasteiger partial charge in [0, 0.05) is 5.69 Å². The van der Waals surface area contributed by atoms with E-state index in [1.54, 1.807) is 18.2 Å². The van der Waals surface area contributed by atoms with Crippen molar-refractivity contribution in [1.29, 1.82) is 0 Å². The van der Waals surface area contributed by atoms with Crippen LogP contribution in [0.1, 0.15) is 16.7 Å². The predicted octanol–water partition coefficient (Wildman–Crippen LogP) is 3.03. The molecule has 2 rings (SSSR count). The maximum atomic E-state index is 12.5. The molecule has 0 aliphatic heterocycles. The van der Waals surface area contributed by atoms with Gasteiger partial charge in [0.1, 0.15) is 12.3 Å². The van der Waals surface area contributed by atoms with Gasteiger partial charge in [-0.1, -0.05) is 23.8 Å². The number of methoxy groups -OCH3 is 1. The Labute approximate surface area is 154 Å². The van der Waals surface area contributed by atoms with E-state index in [2.05, 4.69) is 5.32 Å². The molecular weight excluding hydrogens is 352 g/mol. The molecule has 2 aromatic carbocycles. The van der Waals surface area contributed by atoms with Gasteiger partial charge in [0.2, 0.25) is 15.9 Å². The van der Waals surface area contributed by atoms with Crippen molar-refractivity contribution in [3.8, 4) is 5.75 Å². The molecule has 0 saturated carbocycles. The third-order valence-electron chi connectivity index (χ3n) is 3.95. The standard InChI is InChI=1S/C19H24N2O4S/c1-13-6-8-16(15(3)10-13)20-19(22)12-21(26(5,23)24)17-11-14(2)7-9-18(17)25-4/h6-11H,12H2,1-5H3,(H,20,22). The van der Waals surface area contributed by atoms with Gasteiger partial charge in [0.25, 0.3) is 0 Å². The first kappa shape index (κ1) is 19.8. The number of nitrogens with zero attached hydrogens (tertiary/aromatic N) is 1. The van der Waals surface area contributed by atoms with Crippen molar-refractivity contribution in [2.45, 2.75) is 20.8 Å². The first-order valence-electron chi connectivity index (χ1n) is 8.11. The third kappa shape index (κ3) is 4.76. The van der Waals surface area contributed by atoms with E-state index in [-0.39, 0.29) is 6.54 Å². The highest BCUT2D eigenvalue weighted by Crippen LogP contribution is 2.31. The fourth-order valence-corrected chi connectivity index (χ4v) is 3.50. The molecule has 1 amide bonds. The van der Waals surface area contributed by atoms with Gasteiger partial charge in [0.05, 0.1) is 19.1 Å². The summed E-state index contributed by atoms with van der Waals surface area (Å²) in [6.45, 7) is 5.36. The van der Waals surface area contributed by atoms with Crippen LogP contribution in [0.5, 0.6) is 5.75 Å². The summed E-state index contributed by atoms with van der Waals surface area (Å²) in [6.07, 6.45) is 1.07. The van der Waals surface area contributed by atoms with Gasteiger partial charge in [-0.05, 0) is 50.1 Å². The van der Waals surface area contributed by atoms with Gasteiger partial charge in [-0.3, -0.25) is 9.10 Å². The van der Waals surface area contributed by atoms with Gasteiger partial charge < -0.3 is 10.1 Å². The topological polar surface area (TPSA) is 75.7 Å². The van der Waals surface area contributed by atoms with Crippen LogP contribution in [-0.4, -0.2) is 34.2 Å². The van der Waals surface area contributed by atoms with Crippen LogP contribution in [0.3, 0.4) is 0 Å². The SMILES string of the molecule is COc1ccc(C)cc1N(CC(=O)Nc1ccc(C)cc1C)S(C)(=O)=O. The maximum absolute atomic E-state index is 12.5. The minimum atomic E-state index is -3.68. The molecule has 0 aliphatic carbocycles. The van der Waals surface area contributed by atoms with Crippen LogP contribution in [0.2, 0.25) is 0 Å². The molecule has 0 radical (unpaired) electrons. The second-order valence-electron chi connectivity index (χ2n) is 6.31. The molecule has 1 N–H and O–H groups in total. The van der Waals surface area contributed by atoms with Crippen LogP contribution in [0.15, 0.2) is 36.4 Å². The van der Waals surface area contributed by atoms with Gasteiger partial charge in [-0.15, -0.1) is 0 Å². The van der Waals surface area contributed by atoms with Gasteiger partial charge in [-0.2, -0.15) is 0 Å². The Morgan fingerprint density at radius 1 is 1.08 bits per heavy atom. The van der Waals surface area contributed by atoms with E-state index < -0.39 is 15.9 Å². The highest BCUT2D eigenvalue weighted by molar-refractivity contribution is 7.92. The number of benzene rings is 2. The first-order chi connectivity index (χ1) is 12.1. The summed E-state index contributed by atoms with van der Waals surface area (Å²) < 4.78 is 30.9. The Morgan fingerprint density at radius 2 is 1.69 bits per heavy atom. The van der Waals surface area contributed by atoms with Crippen LogP contribution >= 0.6 is 0 Å². The molecule has 0 aliphatic rings. The van der Waals surface area contributed by atoms with Crippen molar-refractivity contribution in [1.82, 2.24) is 0 Å². The van der Waals surface area contributed by atoms with Gasteiger partial charge >= 0.3 is 0 Å². The minimum absolute atomic E-state index is 0.339. The Bertz CT molecular complexity index is 923. The zero-order chi connectivity index (χ0) is 19.5. The fraction of sp³-hybridized carbons (Fsp3) is 0.316. The second kappa shape index (κ2) is 7.78. The van der Waals surface area contributed by atoms with Crippen molar-refractivity contribution in [2.75, 3.05) is 29.5 Å². The fourth-order valence-electron chi connectivity index (χ4n) is 2.65. The van der Waals surface area contributed by atoms with E-state index in [9.17, 15) is 13.2 Å². The Kier molecular flexibility index (Phi) is 5.92. The lowest BCUT2D eigenvalue weighted by Crippen LogP contribution is -2.37. The second-order valence-corrected chi connectivity index (χ2v) is 8.22. The Balaban J connectivity index is 2.32. The zero-order valence-corrected chi connectivity index (χ0v) is 16.5. The maximum Gasteiger partial charge on any atom is 0.245 e. The van der Waals surface area contributed by atoms with Crippen molar-refractivity contribution in [3.05, 3.63) is 53.1 Å². The molecular formula is C19H24N2O4S. The monoisotopic (exact) mass is 376 g/mol. The smallest absolute Gasteiger partial charge is 0.245 e. The Hall–Kier alpha value is -2.54. The lowest BCUT2D eigenvalue weighted by molar-refractivity contribution is -0.114. The van der Waals surface area contributed by atoms with Crippen LogP contribution in [-0.2, 0) is 14.8 Å². The van der Waals surface area contributed by atoms with Crippen LogP contribution in [0, 0.1) is 20.8 Å². The molecule has 0 atom stereocenters. The lowest BCUT2D eigenvalue weighted by Gasteiger charge is -2.24. The predicted molar refractivity (Wildman–Crippen MR) is 104 cm³/mol. The molecule has 7 heteroatoms. The summed E-state index contributed by atoms with van der Waals surface area (Å²) >= 11 is 0. The van der Waals surface area contributed by atoms with E-state index >= 15 is 0 Å². The van der Waals surface area contributed by atoms with Crippen molar-refractivity contribution >= 4 is 27.3 Å². The lowest BCUT2D eigenvalue weighted by atomic mass is 10.1. The molecule has 0 spiro atoms. The van der Waals surface area contributed by atoms with Crippen LogP contribution in [0.4, 0.5) is 11.4 Å². The number of carbonyl (C=O) groups excluding carboxylic acids is 1. The molecule has 26 heavy (non-hydrogen) atoms. The number of rotatable bonds is 6. The summed E-state index contributed by atoms with van der Waals surface area (Å²) in [5.41, 5.74) is 3.86.